The normalized spacial score (nSPS) is 16.2. The van der Waals surface area contributed by atoms with Crippen molar-refractivity contribution in [2.45, 2.75) is 40.0 Å². The first-order valence-electron chi connectivity index (χ1n) is 9.50. The lowest BCUT2D eigenvalue weighted by Crippen LogP contribution is -2.26. The number of hydrogen-bond donors (Lipinski definition) is 1. The molecule has 1 amide bonds. The van der Waals surface area contributed by atoms with E-state index in [1.54, 1.807) is 12.1 Å². The number of nitrogens with one attached hydrogen (secondary N) is 1. The molecule has 0 aliphatic heterocycles. The monoisotopic (exact) mass is 401 g/mol. The second kappa shape index (κ2) is 8.35. The van der Waals surface area contributed by atoms with Crippen LogP contribution in [0.15, 0.2) is 30.3 Å². The summed E-state index contributed by atoms with van der Waals surface area (Å²) in [5, 5.41) is 3.42. The van der Waals surface area contributed by atoms with Crippen molar-refractivity contribution in [1.29, 1.82) is 0 Å². The van der Waals surface area contributed by atoms with Crippen LogP contribution < -0.4 is 10.1 Å². The molecule has 5 nitrogen and oxygen atoms in total. The third kappa shape index (κ3) is 4.55. The number of rotatable bonds is 5. The van der Waals surface area contributed by atoms with Gasteiger partial charge in [-0.25, -0.2) is 4.79 Å². The lowest BCUT2D eigenvalue weighted by Gasteiger charge is -2.33. The van der Waals surface area contributed by atoms with Crippen molar-refractivity contribution >= 4 is 28.2 Å². The number of ether oxygens (including phenoxy) is 2. The first kappa shape index (κ1) is 20.4. The highest BCUT2D eigenvalue weighted by Gasteiger charge is 2.34. The van der Waals surface area contributed by atoms with E-state index in [1.807, 2.05) is 18.2 Å². The summed E-state index contributed by atoms with van der Waals surface area (Å²) >= 11 is 1.49. The number of anilines is 1. The number of thiophene rings is 1. The van der Waals surface area contributed by atoms with Crippen molar-refractivity contribution in [3.05, 3.63) is 46.3 Å². The Labute approximate surface area is 170 Å². The molecule has 0 spiro atoms. The molecule has 150 valence electrons. The number of carbonyl (C=O) groups excluding carboxylic acids is 2. The summed E-state index contributed by atoms with van der Waals surface area (Å²) in [6.07, 6.45) is 2.78. The van der Waals surface area contributed by atoms with E-state index in [0.29, 0.717) is 22.2 Å². The molecule has 0 saturated heterocycles. The molecule has 1 unspecified atom stereocenters. The van der Waals surface area contributed by atoms with Crippen LogP contribution in [0, 0.1) is 11.3 Å². The Morgan fingerprint density at radius 2 is 1.93 bits per heavy atom. The van der Waals surface area contributed by atoms with Crippen LogP contribution in [0.1, 0.15) is 48.0 Å². The summed E-state index contributed by atoms with van der Waals surface area (Å²) in [5.74, 6) is 0.490. The molecule has 0 fully saturated rings. The fourth-order valence-electron chi connectivity index (χ4n) is 3.56. The number of carbonyl (C=O) groups is 2. The van der Waals surface area contributed by atoms with E-state index in [1.165, 1.54) is 23.3 Å². The molecule has 0 radical (unpaired) electrons. The molecule has 0 saturated carbocycles. The van der Waals surface area contributed by atoms with Gasteiger partial charge in [-0.1, -0.05) is 39.0 Å². The molecule has 2 aromatic rings. The maximum atomic E-state index is 12.4. The predicted octanol–water partition coefficient (Wildman–Crippen LogP) is 4.70. The number of benzene rings is 1. The summed E-state index contributed by atoms with van der Waals surface area (Å²) in [6, 6.07) is 9.17. The Balaban J connectivity index is 1.77. The van der Waals surface area contributed by atoms with Gasteiger partial charge >= 0.3 is 5.97 Å². The molecule has 1 aromatic carbocycles. The maximum Gasteiger partial charge on any atom is 0.341 e. The fourth-order valence-corrected chi connectivity index (χ4v) is 4.89. The third-order valence-corrected chi connectivity index (χ3v) is 6.42. The number of methoxy groups -OCH3 is 1. The van der Waals surface area contributed by atoms with Crippen molar-refractivity contribution in [3.8, 4) is 5.75 Å². The van der Waals surface area contributed by atoms with Crippen LogP contribution in [-0.2, 0) is 22.4 Å². The summed E-state index contributed by atoms with van der Waals surface area (Å²) in [6.45, 7) is 6.64. The van der Waals surface area contributed by atoms with Gasteiger partial charge in [0.05, 0.1) is 12.7 Å². The van der Waals surface area contributed by atoms with E-state index in [-0.39, 0.29) is 17.9 Å². The minimum atomic E-state index is -0.397. The minimum absolute atomic E-state index is 0.113. The van der Waals surface area contributed by atoms with Crippen LogP contribution >= 0.6 is 11.3 Å². The SMILES string of the molecule is COC(=O)c1c(NC(=O)COc2ccccc2)sc2c1CCC(C(C)(C)C)C2. The molecule has 1 aromatic heterocycles. The molecule has 1 aliphatic carbocycles. The highest BCUT2D eigenvalue weighted by molar-refractivity contribution is 7.17. The molecule has 28 heavy (non-hydrogen) atoms. The highest BCUT2D eigenvalue weighted by atomic mass is 32.1. The van der Waals surface area contributed by atoms with Crippen LogP contribution in [-0.4, -0.2) is 25.6 Å². The summed E-state index contributed by atoms with van der Waals surface area (Å²) in [5.41, 5.74) is 1.74. The highest BCUT2D eigenvalue weighted by Crippen LogP contribution is 2.44. The Bertz CT molecular complexity index is 851. The predicted molar refractivity (Wildman–Crippen MR) is 111 cm³/mol. The Morgan fingerprint density at radius 3 is 2.57 bits per heavy atom. The van der Waals surface area contributed by atoms with Crippen LogP contribution in [0.25, 0.3) is 0 Å². The molecule has 1 heterocycles. The van der Waals surface area contributed by atoms with Crippen LogP contribution in [0.4, 0.5) is 5.00 Å². The smallest absolute Gasteiger partial charge is 0.341 e. The van der Waals surface area contributed by atoms with Crippen LogP contribution in [0.2, 0.25) is 0 Å². The van der Waals surface area contributed by atoms with E-state index in [0.717, 1.165) is 24.8 Å². The van der Waals surface area contributed by atoms with E-state index >= 15 is 0 Å². The van der Waals surface area contributed by atoms with Crippen molar-refractivity contribution < 1.29 is 19.1 Å². The number of fused-ring (bicyclic) bond motifs is 1. The zero-order chi connectivity index (χ0) is 20.3. The average Bonchev–Trinajstić information content (AvgIpc) is 3.02. The largest absolute Gasteiger partial charge is 0.484 e. The molecular weight excluding hydrogens is 374 g/mol. The maximum absolute atomic E-state index is 12.4. The topological polar surface area (TPSA) is 64.6 Å². The number of esters is 1. The molecule has 1 aliphatic rings. The lowest BCUT2D eigenvalue weighted by molar-refractivity contribution is -0.118. The Kier molecular flexibility index (Phi) is 6.08. The summed E-state index contributed by atoms with van der Waals surface area (Å²) in [7, 11) is 1.37. The van der Waals surface area contributed by atoms with Gasteiger partial charge in [0.2, 0.25) is 0 Å². The fraction of sp³-hybridized carbons (Fsp3) is 0.455. The van der Waals surface area contributed by atoms with Crippen molar-refractivity contribution in [2.75, 3.05) is 19.0 Å². The molecule has 0 bridgehead atoms. The van der Waals surface area contributed by atoms with Crippen molar-refractivity contribution in [1.82, 2.24) is 0 Å². The molecular formula is C22H27NO4S. The second-order valence-electron chi connectivity index (χ2n) is 8.16. The molecule has 1 atom stereocenters. The van der Waals surface area contributed by atoms with Crippen molar-refractivity contribution in [2.24, 2.45) is 11.3 Å². The average molecular weight is 402 g/mol. The number of para-hydroxylation sites is 1. The standard InChI is InChI=1S/C22H27NO4S/c1-22(2,3)14-10-11-16-17(12-14)28-20(19(16)21(25)26-4)23-18(24)13-27-15-8-6-5-7-9-15/h5-9,14H,10-13H2,1-4H3,(H,23,24). The first-order chi connectivity index (χ1) is 13.3. The van der Waals surface area contributed by atoms with E-state index in [9.17, 15) is 9.59 Å². The second-order valence-corrected chi connectivity index (χ2v) is 9.26. The van der Waals surface area contributed by atoms with Crippen molar-refractivity contribution in [3.63, 3.8) is 0 Å². The quantitative estimate of drug-likeness (QED) is 0.738. The van der Waals surface area contributed by atoms with Gasteiger partial charge in [-0.15, -0.1) is 11.3 Å². The van der Waals surface area contributed by atoms with Gasteiger partial charge in [0.15, 0.2) is 6.61 Å². The van der Waals surface area contributed by atoms with Gasteiger partial charge in [0.1, 0.15) is 10.8 Å². The van der Waals surface area contributed by atoms with Crippen LogP contribution in [0.3, 0.4) is 0 Å². The van der Waals surface area contributed by atoms with Crippen LogP contribution in [0.5, 0.6) is 5.75 Å². The number of amides is 1. The van der Waals surface area contributed by atoms with E-state index in [2.05, 4.69) is 26.1 Å². The Morgan fingerprint density at radius 1 is 1.21 bits per heavy atom. The van der Waals surface area contributed by atoms with E-state index < -0.39 is 5.97 Å². The molecule has 1 N–H and O–H groups in total. The molecule has 6 heteroatoms. The van der Waals surface area contributed by atoms with Gasteiger partial charge in [-0.3, -0.25) is 4.79 Å². The number of hydrogen-bond acceptors (Lipinski definition) is 5. The lowest BCUT2D eigenvalue weighted by atomic mass is 9.72. The zero-order valence-electron chi connectivity index (χ0n) is 16.8. The summed E-state index contributed by atoms with van der Waals surface area (Å²) in [4.78, 5) is 26.0. The first-order valence-corrected chi connectivity index (χ1v) is 10.3. The third-order valence-electron chi connectivity index (χ3n) is 5.25. The van der Waals surface area contributed by atoms with Gasteiger partial charge in [-0.05, 0) is 48.3 Å². The van der Waals surface area contributed by atoms with Gasteiger partial charge < -0.3 is 14.8 Å². The molecule has 3 rings (SSSR count). The van der Waals surface area contributed by atoms with Gasteiger partial charge in [-0.2, -0.15) is 0 Å². The minimum Gasteiger partial charge on any atom is -0.484 e. The van der Waals surface area contributed by atoms with E-state index in [4.69, 9.17) is 9.47 Å². The van der Waals surface area contributed by atoms with Gasteiger partial charge in [0, 0.05) is 4.88 Å². The summed E-state index contributed by atoms with van der Waals surface area (Å²) < 4.78 is 10.5. The van der Waals surface area contributed by atoms with Gasteiger partial charge in [0.25, 0.3) is 5.91 Å². The zero-order valence-corrected chi connectivity index (χ0v) is 17.7. The Hall–Kier alpha value is -2.34.